The van der Waals surface area contributed by atoms with Crippen LogP contribution in [0.1, 0.15) is 6.92 Å². The minimum Gasteiger partial charge on any atom is -0.358 e. The molecule has 6 heteroatoms. The van der Waals surface area contributed by atoms with E-state index in [4.69, 9.17) is 0 Å². The van der Waals surface area contributed by atoms with Crippen LogP contribution in [0.5, 0.6) is 0 Å². The highest BCUT2D eigenvalue weighted by atomic mass is 32.1. The number of amides is 1. The van der Waals surface area contributed by atoms with Gasteiger partial charge in [-0.05, 0) is 18.2 Å². The molecule has 0 saturated carbocycles. The second-order valence-electron chi connectivity index (χ2n) is 4.08. The summed E-state index contributed by atoms with van der Waals surface area (Å²) in [6.45, 7) is 5.59. The molecule has 2 aromatic rings. The van der Waals surface area contributed by atoms with Crippen molar-refractivity contribution in [2.24, 2.45) is 0 Å². The van der Waals surface area contributed by atoms with E-state index in [9.17, 15) is 9.18 Å². The third-order valence-corrected chi connectivity index (χ3v) is 3.27. The summed E-state index contributed by atoms with van der Waals surface area (Å²) >= 11 is 1.40. The molecule has 0 atom stereocenters. The molecule has 0 aliphatic rings. The third kappa shape index (κ3) is 3.42. The maximum absolute atomic E-state index is 14.0. The Morgan fingerprint density at radius 2 is 2.35 bits per heavy atom. The van der Waals surface area contributed by atoms with Crippen LogP contribution in [-0.2, 0) is 4.79 Å². The van der Waals surface area contributed by atoms with E-state index in [0.29, 0.717) is 28.6 Å². The van der Waals surface area contributed by atoms with Crippen molar-refractivity contribution >= 4 is 28.1 Å². The second kappa shape index (κ2) is 6.29. The van der Waals surface area contributed by atoms with E-state index < -0.39 is 5.82 Å². The molecule has 104 valence electrons. The van der Waals surface area contributed by atoms with Crippen LogP contribution in [0, 0.1) is 5.82 Å². The first-order valence-corrected chi connectivity index (χ1v) is 6.86. The highest BCUT2D eigenvalue weighted by Crippen LogP contribution is 2.28. The quantitative estimate of drug-likeness (QED) is 0.829. The smallest absolute Gasteiger partial charge is 0.221 e. The molecule has 4 nitrogen and oxygen atoms in total. The number of nitrogens with zero attached hydrogens (tertiary/aromatic N) is 1. The van der Waals surface area contributed by atoms with Crippen molar-refractivity contribution in [1.29, 1.82) is 0 Å². The average molecular weight is 291 g/mol. The highest BCUT2D eigenvalue weighted by molar-refractivity contribution is 7.14. The zero-order chi connectivity index (χ0) is 14.5. The SMILES string of the molecule is C=CCNc1nc(-c2ccc(NC(C)=O)cc2F)cs1. The van der Waals surface area contributed by atoms with E-state index in [1.165, 1.54) is 24.3 Å². The molecule has 0 radical (unpaired) electrons. The van der Waals surface area contributed by atoms with Gasteiger partial charge in [-0.3, -0.25) is 4.79 Å². The van der Waals surface area contributed by atoms with E-state index in [0.717, 1.165) is 0 Å². The summed E-state index contributed by atoms with van der Waals surface area (Å²) in [6.07, 6.45) is 1.73. The fourth-order valence-electron chi connectivity index (χ4n) is 1.64. The van der Waals surface area contributed by atoms with Crippen molar-refractivity contribution in [3.8, 4) is 11.3 Å². The van der Waals surface area contributed by atoms with E-state index in [1.807, 2.05) is 0 Å². The van der Waals surface area contributed by atoms with Gasteiger partial charge in [0.05, 0.1) is 5.69 Å². The Morgan fingerprint density at radius 3 is 3.00 bits per heavy atom. The highest BCUT2D eigenvalue weighted by Gasteiger charge is 2.10. The topological polar surface area (TPSA) is 54.0 Å². The molecule has 0 unspecified atom stereocenters. The molecule has 1 amide bonds. The Morgan fingerprint density at radius 1 is 1.55 bits per heavy atom. The maximum Gasteiger partial charge on any atom is 0.221 e. The van der Waals surface area contributed by atoms with Crippen LogP contribution in [0.4, 0.5) is 15.2 Å². The summed E-state index contributed by atoms with van der Waals surface area (Å²) in [5, 5.41) is 8.08. The van der Waals surface area contributed by atoms with Gasteiger partial charge in [0.15, 0.2) is 5.13 Å². The van der Waals surface area contributed by atoms with Crippen LogP contribution in [-0.4, -0.2) is 17.4 Å². The Labute approximate surface area is 120 Å². The lowest BCUT2D eigenvalue weighted by atomic mass is 10.1. The third-order valence-electron chi connectivity index (χ3n) is 2.47. The molecule has 1 aromatic heterocycles. The van der Waals surface area contributed by atoms with Gasteiger partial charge in [0, 0.05) is 30.1 Å². The van der Waals surface area contributed by atoms with Crippen LogP contribution < -0.4 is 10.6 Å². The lowest BCUT2D eigenvalue weighted by Crippen LogP contribution is -2.05. The Kier molecular flexibility index (Phi) is 4.47. The van der Waals surface area contributed by atoms with Crippen molar-refractivity contribution in [3.63, 3.8) is 0 Å². The molecule has 1 heterocycles. The van der Waals surface area contributed by atoms with E-state index in [1.54, 1.807) is 23.6 Å². The molecule has 2 rings (SSSR count). The van der Waals surface area contributed by atoms with Gasteiger partial charge in [0.1, 0.15) is 5.82 Å². The first-order valence-electron chi connectivity index (χ1n) is 5.98. The Bertz CT molecular complexity index is 639. The predicted molar refractivity (Wildman–Crippen MR) is 80.5 cm³/mol. The molecule has 1 aromatic carbocycles. The monoisotopic (exact) mass is 291 g/mol. The molecule has 0 bridgehead atoms. The van der Waals surface area contributed by atoms with Crippen LogP contribution >= 0.6 is 11.3 Å². The van der Waals surface area contributed by atoms with E-state index >= 15 is 0 Å². The molecule has 20 heavy (non-hydrogen) atoms. The van der Waals surface area contributed by atoms with Crippen molar-refractivity contribution in [1.82, 2.24) is 4.98 Å². The normalized spacial score (nSPS) is 10.1. The number of benzene rings is 1. The van der Waals surface area contributed by atoms with Crippen molar-refractivity contribution in [3.05, 3.63) is 42.1 Å². The fourth-order valence-corrected chi connectivity index (χ4v) is 2.36. The van der Waals surface area contributed by atoms with Crippen molar-refractivity contribution in [2.75, 3.05) is 17.2 Å². The van der Waals surface area contributed by atoms with Gasteiger partial charge >= 0.3 is 0 Å². The number of thiazole rings is 1. The average Bonchev–Trinajstić information content (AvgIpc) is 2.84. The van der Waals surface area contributed by atoms with Crippen LogP contribution in [0.2, 0.25) is 0 Å². The minimum atomic E-state index is -0.420. The summed E-state index contributed by atoms with van der Waals surface area (Å²) in [7, 11) is 0. The number of carbonyl (C=O) groups excluding carboxylic acids is 1. The van der Waals surface area contributed by atoms with Gasteiger partial charge in [-0.15, -0.1) is 17.9 Å². The van der Waals surface area contributed by atoms with Crippen LogP contribution in [0.15, 0.2) is 36.2 Å². The zero-order valence-electron chi connectivity index (χ0n) is 10.9. The summed E-state index contributed by atoms with van der Waals surface area (Å²) in [6, 6.07) is 4.54. The molecule has 0 spiro atoms. The number of hydrogen-bond acceptors (Lipinski definition) is 4. The summed E-state index contributed by atoms with van der Waals surface area (Å²) in [5.74, 6) is -0.654. The fraction of sp³-hybridized carbons (Fsp3) is 0.143. The molecule has 0 aliphatic heterocycles. The molecule has 0 saturated heterocycles. The largest absolute Gasteiger partial charge is 0.358 e. The van der Waals surface area contributed by atoms with Crippen molar-refractivity contribution < 1.29 is 9.18 Å². The first kappa shape index (κ1) is 14.2. The Balaban J connectivity index is 2.22. The first-order chi connectivity index (χ1) is 9.60. The van der Waals surface area contributed by atoms with Gasteiger partial charge in [0.2, 0.25) is 5.91 Å². The maximum atomic E-state index is 14.0. The Hall–Kier alpha value is -2.21. The predicted octanol–water partition coefficient (Wildman–Crippen LogP) is 3.51. The second-order valence-corrected chi connectivity index (χ2v) is 4.94. The van der Waals surface area contributed by atoms with Gasteiger partial charge in [-0.25, -0.2) is 9.37 Å². The summed E-state index contributed by atoms with van der Waals surface area (Å²) in [4.78, 5) is 15.2. The van der Waals surface area contributed by atoms with Gasteiger partial charge in [0.25, 0.3) is 0 Å². The molecule has 0 aliphatic carbocycles. The van der Waals surface area contributed by atoms with Gasteiger partial charge in [-0.2, -0.15) is 0 Å². The standard InChI is InChI=1S/C14H14FN3OS/c1-3-6-16-14-18-13(8-20-14)11-5-4-10(7-12(11)15)17-9(2)19/h3-5,7-8H,1,6H2,2H3,(H,16,18)(H,17,19). The number of rotatable bonds is 5. The molecule has 2 N–H and O–H groups in total. The van der Waals surface area contributed by atoms with E-state index in [-0.39, 0.29) is 5.91 Å². The van der Waals surface area contributed by atoms with Crippen LogP contribution in [0.25, 0.3) is 11.3 Å². The summed E-state index contributed by atoms with van der Waals surface area (Å²) in [5.41, 5.74) is 1.40. The zero-order valence-corrected chi connectivity index (χ0v) is 11.8. The number of aromatic nitrogens is 1. The van der Waals surface area contributed by atoms with Crippen LogP contribution in [0.3, 0.4) is 0 Å². The molecular formula is C14H14FN3OS. The number of halogens is 1. The molecular weight excluding hydrogens is 277 g/mol. The lowest BCUT2D eigenvalue weighted by Gasteiger charge is -2.04. The van der Waals surface area contributed by atoms with Gasteiger partial charge < -0.3 is 10.6 Å². The number of carbonyl (C=O) groups is 1. The minimum absolute atomic E-state index is 0.235. The van der Waals surface area contributed by atoms with Crippen molar-refractivity contribution in [2.45, 2.75) is 6.92 Å². The van der Waals surface area contributed by atoms with E-state index in [2.05, 4.69) is 22.2 Å². The number of hydrogen-bond donors (Lipinski definition) is 2. The lowest BCUT2D eigenvalue weighted by molar-refractivity contribution is -0.114. The van der Waals surface area contributed by atoms with Gasteiger partial charge in [-0.1, -0.05) is 6.08 Å². The molecule has 0 fully saturated rings. The number of anilines is 2. The summed E-state index contributed by atoms with van der Waals surface area (Å²) < 4.78 is 14.0. The number of nitrogens with one attached hydrogen (secondary N) is 2.